The maximum absolute atomic E-state index is 14.9. The topological polar surface area (TPSA) is 116 Å². The number of nitrogens with zero attached hydrogens (tertiary/aromatic N) is 6. The van der Waals surface area contributed by atoms with Crippen LogP contribution in [0.3, 0.4) is 0 Å². The first-order chi connectivity index (χ1) is 18.5. The van der Waals surface area contributed by atoms with E-state index in [1.165, 1.54) is 30.6 Å². The first-order valence-corrected chi connectivity index (χ1v) is 13.9. The van der Waals surface area contributed by atoms with Gasteiger partial charge >= 0.3 is 12.1 Å². The summed E-state index contributed by atoms with van der Waals surface area (Å²) in [5, 5.41) is 5.56. The van der Waals surface area contributed by atoms with Crippen molar-refractivity contribution in [1.82, 2.24) is 24.8 Å². The zero-order chi connectivity index (χ0) is 27.8. The van der Waals surface area contributed by atoms with Gasteiger partial charge in [-0.3, -0.25) is 10.6 Å². The lowest BCUT2D eigenvalue weighted by atomic mass is 9.61. The van der Waals surface area contributed by atoms with Gasteiger partial charge in [0.1, 0.15) is 18.0 Å². The zero-order valence-electron chi connectivity index (χ0n) is 22.3. The Bertz CT molecular complexity index is 1200. The summed E-state index contributed by atoms with van der Waals surface area (Å²) in [6.45, 7) is 3.79. The van der Waals surface area contributed by atoms with Gasteiger partial charge in [-0.05, 0) is 64.2 Å². The molecule has 14 heteroatoms. The van der Waals surface area contributed by atoms with Gasteiger partial charge in [0.15, 0.2) is 5.13 Å². The van der Waals surface area contributed by atoms with Crippen molar-refractivity contribution in [2.24, 2.45) is 5.41 Å². The normalized spacial score (nSPS) is 22.7. The summed E-state index contributed by atoms with van der Waals surface area (Å²) in [5.41, 5.74) is 0.287. The van der Waals surface area contributed by atoms with Crippen LogP contribution >= 0.6 is 11.3 Å². The second kappa shape index (κ2) is 10.8. The number of anilines is 3. The van der Waals surface area contributed by atoms with Crippen molar-refractivity contribution in [3.05, 3.63) is 23.3 Å². The van der Waals surface area contributed by atoms with Crippen LogP contribution < -0.4 is 15.5 Å². The molecular weight excluding hydrogens is 530 g/mol. The molecule has 39 heavy (non-hydrogen) atoms. The molecule has 2 N–H and O–H groups in total. The van der Waals surface area contributed by atoms with Gasteiger partial charge in [-0.25, -0.2) is 28.3 Å². The standard InChI is InChI=1S/C25H34F2N8O3S/c1-16-14-29-21(39-16)32-22(36)34(3)18-15-35(11-7-25(18,26)27)20-28-8-4-19(30-20)31-23(37)38-17-12-24(13-17)5-9-33(2)10-6-24/h4,8,14,17-18H,5-7,9-13,15H2,1-3H3,(H,29,32,36)(H,28,30,31,37)/t18-/m0/s1. The number of hydrogen-bond acceptors (Lipinski definition) is 9. The van der Waals surface area contributed by atoms with E-state index in [0.717, 1.165) is 48.5 Å². The van der Waals surface area contributed by atoms with Gasteiger partial charge in [-0.1, -0.05) is 0 Å². The average molecular weight is 565 g/mol. The van der Waals surface area contributed by atoms with Crippen LogP contribution in [0, 0.1) is 12.3 Å². The Morgan fingerprint density at radius 1 is 1.15 bits per heavy atom. The molecule has 2 saturated heterocycles. The lowest BCUT2D eigenvalue weighted by Crippen LogP contribution is -2.60. The molecule has 0 unspecified atom stereocenters. The third-order valence-corrected chi connectivity index (χ3v) is 8.85. The van der Waals surface area contributed by atoms with Crippen LogP contribution in [-0.4, -0.2) is 95.2 Å². The maximum Gasteiger partial charge on any atom is 0.413 e. The Balaban J connectivity index is 1.17. The summed E-state index contributed by atoms with van der Waals surface area (Å²) >= 11 is 1.26. The highest BCUT2D eigenvalue weighted by Gasteiger charge is 2.49. The van der Waals surface area contributed by atoms with Crippen LogP contribution in [0.5, 0.6) is 0 Å². The van der Waals surface area contributed by atoms with Gasteiger partial charge in [0.2, 0.25) is 5.95 Å². The highest BCUT2D eigenvalue weighted by molar-refractivity contribution is 7.15. The van der Waals surface area contributed by atoms with Crippen molar-refractivity contribution >= 4 is 40.4 Å². The molecule has 0 aromatic carbocycles. The zero-order valence-corrected chi connectivity index (χ0v) is 23.1. The Labute approximate surface area is 229 Å². The molecule has 3 fully saturated rings. The second-order valence-electron chi connectivity index (χ2n) is 10.9. The Hall–Kier alpha value is -3.13. The van der Waals surface area contributed by atoms with Gasteiger partial charge in [0, 0.05) is 43.8 Å². The number of thiazole rings is 1. The largest absolute Gasteiger partial charge is 0.446 e. The van der Waals surface area contributed by atoms with E-state index in [0.29, 0.717) is 5.13 Å². The number of nitrogens with one attached hydrogen (secondary N) is 2. The smallest absolute Gasteiger partial charge is 0.413 e. The number of aryl methyl sites for hydroxylation is 1. The monoisotopic (exact) mass is 564 g/mol. The molecule has 1 saturated carbocycles. The molecule has 4 heterocycles. The number of likely N-dealkylation sites (N-methyl/N-ethyl adjacent to an activating group) is 1. The van der Waals surface area contributed by atoms with Crippen molar-refractivity contribution in [3.8, 4) is 0 Å². The molecule has 3 aliphatic rings. The number of carbonyl (C=O) groups is 2. The number of likely N-dealkylation sites (tertiary alicyclic amines) is 1. The predicted molar refractivity (Wildman–Crippen MR) is 144 cm³/mol. The molecular formula is C25H34F2N8O3S. The minimum atomic E-state index is -3.10. The van der Waals surface area contributed by atoms with E-state index < -0.39 is 30.5 Å². The van der Waals surface area contributed by atoms with Crippen molar-refractivity contribution in [3.63, 3.8) is 0 Å². The molecule has 1 spiro atoms. The van der Waals surface area contributed by atoms with Gasteiger partial charge in [0.05, 0.1) is 0 Å². The molecule has 1 atom stereocenters. The molecule has 2 aromatic rings. The minimum absolute atomic E-state index is 0.00210. The quantitative estimate of drug-likeness (QED) is 0.559. The third-order valence-electron chi connectivity index (χ3n) is 8.02. The molecule has 3 amide bonds. The first-order valence-electron chi connectivity index (χ1n) is 13.1. The number of rotatable bonds is 5. The molecule has 2 aromatic heterocycles. The first kappa shape index (κ1) is 27.4. The summed E-state index contributed by atoms with van der Waals surface area (Å²) in [6, 6.07) is -0.564. The summed E-state index contributed by atoms with van der Waals surface area (Å²) in [6.07, 6.45) is 5.86. The molecule has 5 rings (SSSR count). The molecule has 0 bridgehead atoms. The van der Waals surface area contributed by atoms with Crippen molar-refractivity contribution in [2.75, 3.05) is 55.8 Å². The van der Waals surface area contributed by atoms with E-state index >= 15 is 0 Å². The number of carbonyl (C=O) groups excluding carboxylic acids is 2. The van der Waals surface area contributed by atoms with E-state index in [9.17, 15) is 18.4 Å². The van der Waals surface area contributed by atoms with E-state index in [4.69, 9.17) is 4.74 Å². The highest BCUT2D eigenvalue weighted by atomic mass is 32.1. The van der Waals surface area contributed by atoms with E-state index in [-0.39, 0.29) is 36.4 Å². The number of aromatic nitrogens is 3. The van der Waals surface area contributed by atoms with E-state index in [1.807, 2.05) is 6.92 Å². The van der Waals surface area contributed by atoms with Crippen LogP contribution in [0.15, 0.2) is 18.5 Å². The molecule has 0 radical (unpaired) electrons. The molecule has 11 nitrogen and oxygen atoms in total. The van der Waals surface area contributed by atoms with Crippen LogP contribution in [0.25, 0.3) is 0 Å². The summed E-state index contributed by atoms with van der Waals surface area (Å²) < 4.78 is 35.4. The number of halogens is 2. The van der Waals surface area contributed by atoms with Gasteiger partial charge < -0.3 is 19.4 Å². The fourth-order valence-electron chi connectivity index (χ4n) is 5.55. The minimum Gasteiger partial charge on any atom is -0.446 e. The fourth-order valence-corrected chi connectivity index (χ4v) is 6.21. The predicted octanol–water partition coefficient (Wildman–Crippen LogP) is 4.04. The Morgan fingerprint density at radius 2 is 1.90 bits per heavy atom. The van der Waals surface area contributed by atoms with Gasteiger partial charge in [-0.15, -0.1) is 11.3 Å². The van der Waals surface area contributed by atoms with Crippen LogP contribution in [-0.2, 0) is 4.74 Å². The number of alkyl halides is 2. The molecule has 1 aliphatic carbocycles. The average Bonchev–Trinajstić information content (AvgIpc) is 3.28. The summed E-state index contributed by atoms with van der Waals surface area (Å²) in [4.78, 5) is 43.7. The Morgan fingerprint density at radius 3 is 2.59 bits per heavy atom. The van der Waals surface area contributed by atoms with Gasteiger partial charge in [0.25, 0.3) is 5.92 Å². The van der Waals surface area contributed by atoms with Crippen LogP contribution in [0.4, 0.5) is 35.3 Å². The number of hydrogen-bond donors (Lipinski definition) is 2. The van der Waals surface area contributed by atoms with Crippen LogP contribution in [0.2, 0.25) is 0 Å². The number of urea groups is 1. The summed E-state index contributed by atoms with van der Waals surface area (Å²) in [7, 11) is 3.46. The lowest BCUT2D eigenvalue weighted by molar-refractivity contribution is -0.0760. The second-order valence-corrected chi connectivity index (χ2v) is 12.1. The number of piperidine rings is 2. The van der Waals surface area contributed by atoms with Gasteiger partial charge in [-0.2, -0.15) is 4.98 Å². The van der Waals surface area contributed by atoms with Crippen molar-refractivity contribution in [2.45, 2.75) is 57.1 Å². The molecule has 2 aliphatic heterocycles. The highest BCUT2D eigenvalue weighted by Crippen LogP contribution is 2.50. The van der Waals surface area contributed by atoms with E-state index in [2.05, 4.69) is 37.5 Å². The number of amides is 3. The maximum atomic E-state index is 14.9. The summed E-state index contributed by atoms with van der Waals surface area (Å²) in [5.74, 6) is -2.70. The number of ether oxygens (including phenoxy) is 1. The van der Waals surface area contributed by atoms with Crippen molar-refractivity contribution in [1.29, 1.82) is 0 Å². The lowest BCUT2D eigenvalue weighted by Gasteiger charge is -2.50. The van der Waals surface area contributed by atoms with Crippen LogP contribution in [0.1, 0.15) is 37.0 Å². The SMILES string of the molecule is Cc1cnc(NC(=O)N(C)[C@H]2CN(c3nccc(NC(=O)OC4CC5(CCN(C)CC5)C4)n3)CCC2(F)F)s1. The van der Waals surface area contributed by atoms with E-state index in [1.54, 1.807) is 11.1 Å². The third kappa shape index (κ3) is 6.21. The Kier molecular flexibility index (Phi) is 7.60. The fraction of sp³-hybridized carbons (Fsp3) is 0.640. The van der Waals surface area contributed by atoms with Crippen molar-refractivity contribution < 1.29 is 23.1 Å². The molecule has 212 valence electrons.